The van der Waals surface area contributed by atoms with Gasteiger partial charge in [0.1, 0.15) is 11.6 Å². The summed E-state index contributed by atoms with van der Waals surface area (Å²) in [4.78, 5) is 25.6. The van der Waals surface area contributed by atoms with Gasteiger partial charge in [0, 0.05) is 57.9 Å². The molecule has 1 aliphatic heterocycles. The van der Waals surface area contributed by atoms with Crippen molar-refractivity contribution in [1.82, 2.24) is 29.7 Å². The maximum Gasteiger partial charge on any atom is 0.317 e. The second kappa shape index (κ2) is 9.54. The second-order valence-corrected chi connectivity index (χ2v) is 7.59. The van der Waals surface area contributed by atoms with Crippen molar-refractivity contribution in [3.8, 4) is 5.82 Å². The van der Waals surface area contributed by atoms with Gasteiger partial charge in [-0.25, -0.2) is 14.8 Å². The molecule has 1 fully saturated rings. The number of piperazine rings is 1. The number of hydrogen-bond donors (Lipinski definition) is 1. The summed E-state index contributed by atoms with van der Waals surface area (Å²) in [6, 6.07) is 14.5. The molecule has 3 aromatic rings. The van der Waals surface area contributed by atoms with Gasteiger partial charge in [0.15, 0.2) is 0 Å². The van der Waals surface area contributed by atoms with Gasteiger partial charge in [0.05, 0.1) is 0 Å². The van der Waals surface area contributed by atoms with Crippen LogP contribution in [0.3, 0.4) is 0 Å². The molecule has 30 heavy (non-hydrogen) atoms. The summed E-state index contributed by atoms with van der Waals surface area (Å²) >= 11 is 0. The van der Waals surface area contributed by atoms with Crippen molar-refractivity contribution < 1.29 is 4.79 Å². The van der Waals surface area contributed by atoms with Gasteiger partial charge < -0.3 is 10.2 Å². The highest BCUT2D eigenvalue weighted by atomic mass is 16.2. The molecule has 0 atom stereocenters. The van der Waals surface area contributed by atoms with Crippen LogP contribution in [0.25, 0.3) is 5.82 Å². The highest BCUT2D eigenvalue weighted by Gasteiger charge is 2.20. The molecule has 0 spiro atoms. The number of nitrogens with one attached hydrogen (secondary N) is 1. The lowest BCUT2D eigenvalue weighted by Gasteiger charge is -2.34. The van der Waals surface area contributed by atoms with E-state index >= 15 is 0 Å². The summed E-state index contributed by atoms with van der Waals surface area (Å²) in [5, 5.41) is 3.04. The van der Waals surface area contributed by atoms with Crippen molar-refractivity contribution in [2.75, 3.05) is 32.7 Å². The third kappa shape index (κ3) is 5.04. The Balaban J connectivity index is 1.23. The number of nitrogens with zero attached hydrogens (tertiary/aromatic N) is 5. The number of aryl methyl sites for hydroxylation is 1. The lowest BCUT2D eigenvalue weighted by Crippen LogP contribution is -2.51. The fourth-order valence-corrected chi connectivity index (χ4v) is 3.72. The van der Waals surface area contributed by atoms with E-state index < -0.39 is 0 Å². The molecule has 0 saturated carbocycles. The van der Waals surface area contributed by atoms with Crippen LogP contribution in [0.5, 0.6) is 0 Å². The maximum absolute atomic E-state index is 12.6. The standard InChI is InChI=1S/C23H28N6O/c1-19-24-10-12-29(19)22-17-21(7-9-25-22)18-26-23(30)28-15-13-27(14-16-28)11-8-20-5-3-2-4-6-20/h2-7,9-10,12,17H,8,11,13-16,18H2,1H3,(H,26,30). The van der Waals surface area contributed by atoms with Crippen molar-refractivity contribution in [3.05, 3.63) is 78.0 Å². The van der Waals surface area contributed by atoms with Crippen LogP contribution in [0.4, 0.5) is 4.79 Å². The minimum absolute atomic E-state index is 0.00474. The zero-order valence-electron chi connectivity index (χ0n) is 17.4. The predicted molar refractivity (Wildman–Crippen MR) is 116 cm³/mol. The molecule has 1 aliphatic rings. The minimum atomic E-state index is -0.00474. The van der Waals surface area contributed by atoms with E-state index in [2.05, 4.69) is 44.5 Å². The molecule has 2 aromatic heterocycles. The van der Waals surface area contributed by atoms with Gasteiger partial charge in [-0.15, -0.1) is 0 Å². The number of rotatable bonds is 6. The van der Waals surface area contributed by atoms with Gasteiger partial charge in [0.25, 0.3) is 0 Å². The molecule has 7 nitrogen and oxygen atoms in total. The Bertz CT molecular complexity index is 963. The summed E-state index contributed by atoms with van der Waals surface area (Å²) in [6.07, 6.45) is 6.46. The normalized spacial score (nSPS) is 14.6. The molecule has 1 aromatic carbocycles. The van der Waals surface area contributed by atoms with Crippen LogP contribution in [-0.2, 0) is 13.0 Å². The Labute approximate surface area is 177 Å². The van der Waals surface area contributed by atoms with Gasteiger partial charge in [-0.1, -0.05) is 30.3 Å². The van der Waals surface area contributed by atoms with Gasteiger partial charge in [-0.05, 0) is 36.6 Å². The minimum Gasteiger partial charge on any atom is -0.334 e. The number of aromatic nitrogens is 3. The highest BCUT2D eigenvalue weighted by Crippen LogP contribution is 2.10. The van der Waals surface area contributed by atoms with Crippen molar-refractivity contribution >= 4 is 6.03 Å². The number of imidazole rings is 1. The van der Waals surface area contributed by atoms with Crippen LogP contribution in [0, 0.1) is 6.92 Å². The number of pyridine rings is 1. The SMILES string of the molecule is Cc1nccn1-c1cc(CNC(=O)N2CCN(CCc3ccccc3)CC2)ccn1. The van der Waals surface area contributed by atoms with Gasteiger partial charge in [-0.3, -0.25) is 9.47 Å². The van der Waals surface area contributed by atoms with Crippen molar-refractivity contribution in [1.29, 1.82) is 0 Å². The first-order chi connectivity index (χ1) is 14.7. The molecular formula is C23H28N6O. The zero-order chi connectivity index (χ0) is 20.8. The van der Waals surface area contributed by atoms with Crippen LogP contribution < -0.4 is 5.32 Å². The van der Waals surface area contributed by atoms with Crippen LogP contribution in [0.1, 0.15) is 17.0 Å². The number of hydrogen-bond acceptors (Lipinski definition) is 4. The third-order valence-corrected chi connectivity index (χ3v) is 5.55. The topological polar surface area (TPSA) is 66.3 Å². The van der Waals surface area contributed by atoms with Crippen LogP contribution in [0.2, 0.25) is 0 Å². The first-order valence-corrected chi connectivity index (χ1v) is 10.4. The molecule has 3 heterocycles. The molecule has 1 N–H and O–H groups in total. The van der Waals surface area contributed by atoms with E-state index in [4.69, 9.17) is 0 Å². The Hall–Kier alpha value is -3.19. The Morgan fingerprint density at radius 1 is 1.00 bits per heavy atom. The number of carbonyl (C=O) groups excluding carboxylic acids is 1. The Morgan fingerprint density at radius 3 is 2.53 bits per heavy atom. The van der Waals surface area contributed by atoms with E-state index in [1.165, 1.54) is 5.56 Å². The molecule has 7 heteroatoms. The Kier molecular flexibility index (Phi) is 6.39. The monoisotopic (exact) mass is 404 g/mol. The van der Waals surface area contributed by atoms with E-state index in [0.717, 1.165) is 56.4 Å². The average molecular weight is 405 g/mol. The molecule has 0 aliphatic carbocycles. The van der Waals surface area contributed by atoms with Crippen molar-refractivity contribution in [2.45, 2.75) is 19.9 Å². The lowest BCUT2D eigenvalue weighted by molar-refractivity contribution is 0.140. The van der Waals surface area contributed by atoms with E-state index in [1.54, 1.807) is 12.4 Å². The second-order valence-electron chi connectivity index (χ2n) is 7.59. The number of benzene rings is 1. The van der Waals surface area contributed by atoms with Crippen LogP contribution >= 0.6 is 0 Å². The van der Waals surface area contributed by atoms with Gasteiger partial charge in [-0.2, -0.15) is 0 Å². The van der Waals surface area contributed by atoms with Crippen molar-refractivity contribution in [2.24, 2.45) is 0 Å². The summed E-state index contributed by atoms with van der Waals surface area (Å²) in [5.74, 6) is 1.69. The maximum atomic E-state index is 12.6. The largest absolute Gasteiger partial charge is 0.334 e. The molecule has 156 valence electrons. The van der Waals surface area contributed by atoms with E-state index in [1.807, 2.05) is 40.8 Å². The molecule has 0 radical (unpaired) electrons. The van der Waals surface area contributed by atoms with Gasteiger partial charge >= 0.3 is 6.03 Å². The number of amides is 2. The number of urea groups is 1. The fraction of sp³-hybridized carbons (Fsp3) is 0.348. The van der Waals surface area contributed by atoms with Crippen LogP contribution in [-0.4, -0.2) is 63.1 Å². The smallest absolute Gasteiger partial charge is 0.317 e. The summed E-state index contributed by atoms with van der Waals surface area (Å²) in [5.41, 5.74) is 2.38. The summed E-state index contributed by atoms with van der Waals surface area (Å²) in [6.45, 7) is 6.81. The summed E-state index contributed by atoms with van der Waals surface area (Å²) < 4.78 is 1.93. The first-order valence-electron chi connectivity index (χ1n) is 10.4. The highest BCUT2D eigenvalue weighted by molar-refractivity contribution is 5.74. The average Bonchev–Trinajstić information content (AvgIpc) is 3.23. The molecule has 4 rings (SSSR count). The third-order valence-electron chi connectivity index (χ3n) is 5.55. The van der Waals surface area contributed by atoms with E-state index in [9.17, 15) is 4.79 Å². The first kappa shape index (κ1) is 20.1. The fourth-order valence-electron chi connectivity index (χ4n) is 3.72. The zero-order valence-corrected chi connectivity index (χ0v) is 17.4. The molecular weight excluding hydrogens is 376 g/mol. The predicted octanol–water partition coefficient (Wildman–Crippen LogP) is 2.65. The molecule has 2 amide bonds. The quantitative estimate of drug-likeness (QED) is 0.686. The van der Waals surface area contributed by atoms with Gasteiger partial charge in [0.2, 0.25) is 0 Å². The molecule has 0 bridgehead atoms. The van der Waals surface area contributed by atoms with Crippen molar-refractivity contribution in [3.63, 3.8) is 0 Å². The molecule has 0 unspecified atom stereocenters. The lowest BCUT2D eigenvalue weighted by atomic mass is 10.1. The molecule has 1 saturated heterocycles. The number of carbonyl (C=O) groups is 1. The Morgan fingerprint density at radius 2 is 1.80 bits per heavy atom. The van der Waals surface area contributed by atoms with E-state index in [-0.39, 0.29) is 6.03 Å². The van der Waals surface area contributed by atoms with E-state index in [0.29, 0.717) is 6.54 Å². The van der Waals surface area contributed by atoms with Crippen LogP contribution in [0.15, 0.2) is 61.1 Å². The summed E-state index contributed by atoms with van der Waals surface area (Å²) in [7, 11) is 0.